The number of nitrogens with two attached hydrogens (primary N) is 1. The number of hydrogen-bond acceptors (Lipinski definition) is 5. The maximum absolute atomic E-state index is 5.74. The first-order valence-electron chi connectivity index (χ1n) is 6.88. The lowest BCUT2D eigenvalue weighted by molar-refractivity contribution is 0.153. The Hall–Kier alpha value is -0.940. The molecule has 0 saturated carbocycles. The summed E-state index contributed by atoms with van der Waals surface area (Å²) in [4.78, 5) is 6.96. The van der Waals surface area contributed by atoms with Crippen LogP contribution in [0.3, 0.4) is 0 Å². The van der Waals surface area contributed by atoms with Crippen LogP contribution in [0.25, 0.3) is 0 Å². The van der Waals surface area contributed by atoms with Crippen molar-refractivity contribution in [3.8, 4) is 0 Å². The number of aromatic nitrogens is 2. The molecule has 5 heteroatoms. The molecule has 1 aromatic heterocycles. The minimum atomic E-state index is 0.0777. The Kier molecular flexibility index (Phi) is 4.35. The van der Waals surface area contributed by atoms with Gasteiger partial charge in [0.05, 0.1) is 5.92 Å². The summed E-state index contributed by atoms with van der Waals surface area (Å²) in [5.41, 5.74) is 5.74. The van der Waals surface area contributed by atoms with Crippen molar-refractivity contribution < 1.29 is 4.52 Å². The fraction of sp³-hybridized carbons (Fsp3) is 0.846. The molecular weight excluding hydrogens is 228 g/mol. The molecule has 1 aliphatic rings. The Morgan fingerprint density at radius 2 is 2.22 bits per heavy atom. The lowest BCUT2D eigenvalue weighted by Gasteiger charge is -2.33. The van der Waals surface area contributed by atoms with Gasteiger partial charge in [-0.05, 0) is 40.2 Å². The summed E-state index contributed by atoms with van der Waals surface area (Å²) in [5.74, 6) is 1.91. The van der Waals surface area contributed by atoms with Crippen molar-refractivity contribution in [2.75, 3.05) is 13.1 Å². The van der Waals surface area contributed by atoms with E-state index in [-0.39, 0.29) is 6.04 Å². The molecule has 1 aromatic rings. The van der Waals surface area contributed by atoms with Gasteiger partial charge in [0.15, 0.2) is 5.82 Å². The molecule has 1 aliphatic heterocycles. The average molecular weight is 252 g/mol. The first-order valence-corrected chi connectivity index (χ1v) is 6.88. The van der Waals surface area contributed by atoms with Gasteiger partial charge in [0.1, 0.15) is 0 Å². The SMILES string of the molecule is CC(N)Cc1noc(C2CCCN(C(C)C)C2)n1. The fourth-order valence-electron chi connectivity index (χ4n) is 2.48. The zero-order valence-electron chi connectivity index (χ0n) is 11.6. The quantitative estimate of drug-likeness (QED) is 0.880. The van der Waals surface area contributed by atoms with Gasteiger partial charge in [-0.25, -0.2) is 0 Å². The molecule has 2 unspecified atom stereocenters. The summed E-state index contributed by atoms with van der Waals surface area (Å²) < 4.78 is 5.39. The molecule has 0 aliphatic carbocycles. The molecule has 2 rings (SSSR count). The number of hydrogen-bond donors (Lipinski definition) is 1. The topological polar surface area (TPSA) is 68.2 Å². The molecule has 0 spiro atoms. The van der Waals surface area contributed by atoms with Gasteiger partial charge in [0.25, 0.3) is 0 Å². The largest absolute Gasteiger partial charge is 0.339 e. The van der Waals surface area contributed by atoms with E-state index in [1.807, 2.05) is 6.92 Å². The van der Waals surface area contributed by atoms with E-state index in [4.69, 9.17) is 10.3 Å². The highest BCUT2D eigenvalue weighted by atomic mass is 16.5. The molecule has 2 N–H and O–H groups in total. The second kappa shape index (κ2) is 5.80. The predicted octanol–water partition coefficient (Wildman–Crippen LogP) is 1.55. The van der Waals surface area contributed by atoms with Gasteiger partial charge in [0, 0.05) is 25.0 Å². The van der Waals surface area contributed by atoms with Crippen molar-refractivity contribution in [2.45, 2.75) is 58.0 Å². The Bertz CT molecular complexity index is 375. The van der Waals surface area contributed by atoms with E-state index in [2.05, 4.69) is 28.9 Å². The highest BCUT2D eigenvalue weighted by Crippen LogP contribution is 2.26. The van der Waals surface area contributed by atoms with E-state index >= 15 is 0 Å². The molecule has 0 amide bonds. The van der Waals surface area contributed by atoms with E-state index in [0.29, 0.717) is 18.4 Å². The Labute approximate surface area is 109 Å². The maximum atomic E-state index is 5.74. The van der Waals surface area contributed by atoms with E-state index in [0.717, 1.165) is 24.7 Å². The monoisotopic (exact) mass is 252 g/mol. The number of likely N-dealkylation sites (tertiary alicyclic amines) is 1. The van der Waals surface area contributed by atoms with Gasteiger partial charge in [-0.1, -0.05) is 5.16 Å². The van der Waals surface area contributed by atoms with E-state index < -0.39 is 0 Å². The summed E-state index contributed by atoms with van der Waals surface area (Å²) >= 11 is 0. The normalized spacial score (nSPS) is 23.5. The molecular formula is C13H24N4O. The molecule has 0 bridgehead atoms. The molecule has 1 fully saturated rings. The lowest BCUT2D eigenvalue weighted by Crippen LogP contribution is -2.39. The smallest absolute Gasteiger partial charge is 0.231 e. The molecule has 102 valence electrons. The first-order chi connectivity index (χ1) is 8.56. The Morgan fingerprint density at radius 1 is 1.44 bits per heavy atom. The number of piperidine rings is 1. The fourth-order valence-corrected chi connectivity index (χ4v) is 2.48. The second-order valence-electron chi connectivity index (χ2n) is 5.66. The van der Waals surface area contributed by atoms with E-state index in [1.165, 1.54) is 13.0 Å². The van der Waals surface area contributed by atoms with Gasteiger partial charge >= 0.3 is 0 Å². The summed E-state index contributed by atoms with van der Waals surface area (Å²) in [7, 11) is 0. The van der Waals surface area contributed by atoms with Crippen LogP contribution in [0, 0.1) is 0 Å². The maximum Gasteiger partial charge on any atom is 0.231 e. The third-order valence-corrected chi connectivity index (χ3v) is 3.52. The van der Waals surface area contributed by atoms with E-state index in [1.54, 1.807) is 0 Å². The number of rotatable bonds is 4. The van der Waals surface area contributed by atoms with Crippen molar-refractivity contribution in [3.63, 3.8) is 0 Å². The standard InChI is InChI=1S/C13H24N4O/c1-9(2)17-6-4-5-11(8-17)13-15-12(16-18-13)7-10(3)14/h9-11H,4-8,14H2,1-3H3. The van der Waals surface area contributed by atoms with Gasteiger partial charge in [-0.2, -0.15) is 4.98 Å². The van der Waals surface area contributed by atoms with Crippen LogP contribution in [0.1, 0.15) is 51.2 Å². The van der Waals surface area contributed by atoms with Crippen LogP contribution in [0.4, 0.5) is 0 Å². The third-order valence-electron chi connectivity index (χ3n) is 3.52. The van der Waals surface area contributed by atoms with Crippen LogP contribution in [-0.2, 0) is 6.42 Å². The van der Waals surface area contributed by atoms with Gasteiger partial charge in [0.2, 0.25) is 5.89 Å². The van der Waals surface area contributed by atoms with Crippen LogP contribution in [0.2, 0.25) is 0 Å². The molecule has 0 radical (unpaired) electrons. The molecule has 0 aromatic carbocycles. The zero-order valence-corrected chi connectivity index (χ0v) is 11.6. The van der Waals surface area contributed by atoms with Crippen molar-refractivity contribution in [1.29, 1.82) is 0 Å². The molecule has 1 saturated heterocycles. The van der Waals surface area contributed by atoms with Crippen molar-refractivity contribution in [1.82, 2.24) is 15.0 Å². The van der Waals surface area contributed by atoms with Crippen LogP contribution in [0.15, 0.2) is 4.52 Å². The molecule has 18 heavy (non-hydrogen) atoms. The predicted molar refractivity (Wildman–Crippen MR) is 70.3 cm³/mol. The van der Waals surface area contributed by atoms with Crippen molar-refractivity contribution in [3.05, 3.63) is 11.7 Å². The zero-order chi connectivity index (χ0) is 13.1. The highest BCUT2D eigenvalue weighted by molar-refractivity contribution is 4.98. The van der Waals surface area contributed by atoms with E-state index in [9.17, 15) is 0 Å². The van der Waals surface area contributed by atoms with Crippen molar-refractivity contribution in [2.24, 2.45) is 5.73 Å². The second-order valence-corrected chi connectivity index (χ2v) is 5.66. The first kappa shape index (κ1) is 13.5. The van der Waals surface area contributed by atoms with Gasteiger partial charge in [-0.3, -0.25) is 0 Å². The number of nitrogens with zero attached hydrogens (tertiary/aromatic N) is 3. The molecule has 2 atom stereocenters. The van der Waals surface area contributed by atoms with Gasteiger partial charge in [-0.15, -0.1) is 0 Å². The van der Waals surface area contributed by atoms with Crippen molar-refractivity contribution >= 4 is 0 Å². The molecule has 5 nitrogen and oxygen atoms in total. The van der Waals surface area contributed by atoms with Crippen LogP contribution in [-0.4, -0.2) is 40.2 Å². The van der Waals surface area contributed by atoms with Gasteiger partial charge < -0.3 is 15.2 Å². The van der Waals surface area contributed by atoms with Crippen LogP contribution < -0.4 is 5.73 Å². The third kappa shape index (κ3) is 3.29. The summed E-state index contributed by atoms with van der Waals surface area (Å²) in [6.07, 6.45) is 3.03. The summed E-state index contributed by atoms with van der Waals surface area (Å²) in [6, 6.07) is 0.660. The minimum Gasteiger partial charge on any atom is -0.339 e. The minimum absolute atomic E-state index is 0.0777. The average Bonchev–Trinajstić information content (AvgIpc) is 2.77. The van der Waals surface area contributed by atoms with Crippen LogP contribution >= 0.6 is 0 Å². The summed E-state index contributed by atoms with van der Waals surface area (Å²) in [5, 5.41) is 4.02. The lowest BCUT2D eigenvalue weighted by atomic mass is 9.97. The Balaban J connectivity index is 2.00. The summed E-state index contributed by atoms with van der Waals surface area (Å²) in [6.45, 7) is 8.62. The van der Waals surface area contributed by atoms with Crippen LogP contribution in [0.5, 0.6) is 0 Å². The molecule has 2 heterocycles. The Morgan fingerprint density at radius 3 is 2.89 bits per heavy atom. The highest BCUT2D eigenvalue weighted by Gasteiger charge is 2.27.